The Kier molecular flexibility index (Phi) is 12.0. The lowest BCUT2D eigenvalue weighted by Crippen LogP contribution is -2.19. The SMILES string of the molecule is CCNOP(=O)(ONCC)C(=Cc1ccc(C(=O)CCOc2ccc(-c3ccc(C(F)(F)F)cc3)cc2)c(F)c1)CC. The second-order valence-corrected chi connectivity index (χ2v) is 11.0. The summed E-state index contributed by atoms with van der Waals surface area (Å²) in [4.78, 5) is 12.7. The van der Waals surface area contributed by atoms with Crippen molar-refractivity contribution in [1.29, 1.82) is 0 Å². The van der Waals surface area contributed by atoms with Gasteiger partial charge in [-0.25, -0.2) is 13.6 Å². The Morgan fingerprint density at radius 2 is 1.45 bits per heavy atom. The van der Waals surface area contributed by atoms with Crippen molar-refractivity contribution in [3.63, 3.8) is 0 Å². The molecule has 12 heteroatoms. The first kappa shape index (κ1) is 33.2. The minimum atomic E-state index is -4.40. The molecule has 3 aromatic rings. The number of benzene rings is 3. The van der Waals surface area contributed by atoms with Crippen LogP contribution in [-0.4, -0.2) is 25.5 Å². The first-order valence-electron chi connectivity index (χ1n) is 13.4. The number of ketones is 1. The molecule has 42 heavy (non-hydrogen) atoms. The lowest BCUT2D eigenvalue weighted by Gasteiger charge is -2.20. The van der Waals surface area contributed by atoms with Crippen LogP contribution in [0.4, 0.5) is 17.6 Å². The Morgan fingerprint density at radius 1 is 0.881 bits per heavy atom. The number of hydrogen-bond donors (Lipinski definition) is 2. The maximum atomic E-state index is 14.9. The van der Waals surface area contributed by atoms with E-state index in [2.05, 4.69) is 11.0 Å². The van der Waals surface area contributed by atoms with Crippen molar-refractivity contribution in [2.24, 2.45) is 0 Å². The number of Topliss-reactive ketones (excluding diaryl/α,β-unsaturated/α-hetero) is 1. The summed E-state index contributed by atoms with van der Waals surface area (Å²) in [6.45, 7) is 6.07. The molecule has 226 valence electrons. The fraction of sp³-hybridized carbons (Fsp3) is 0.300. The number of hydrogen-bond acceptors (Lipinski definition) is 7. The van der Waals surface area contributed by atoms with Gasteiger partial charge in [0.15, 0.2) is 5.78 Å². The van der Waals surface area contributed by atoms with Crippen molar-refractivity contribution >= 4 is 19.5 Å². The molecule has 0 amide bonds. The lowest BCUT2D eigenvalue weighted by atomic mass is 10.0. The Morgan fingerprint density at radius 3 is 1.95 bits per heavy atom. The number of carbonyl (C=O) groups is 1. The molecule has 0 aliphatic heterocycles. The molecule has 7 nitrogen and oxygen atoms in total. The Hall–Kier alpha value is -3.34. The molecule has 3 rings (SSSR count). The van der Waals surface area contributed by atoms with Gasteiger partial charge in [0.1, 0.15) is 11.6 Å². The van der Waals surface area contributed by atoms with E-state index in [1.165, 1.54) is 36.4 Å². The molecule has 0 atom stereocenters. The molecule has 0 saturated heterocycles. The maximum absolute atomic E-state index is 14.9. The van der Waals surface area contributed by atoms with E-state index in [-0.39, 0.29) is 18.6 Å². The molecule has 0 unspecified atom stereocenters. The van der Waals surface area contributed by atoms with Gasteiger partial charge >= 0.3 is 13.8 Å². The van der Waals surface area contributed by atoms with Crippen molar-refractivity contribution in [2.75, 3.05) is 19.7 Å². The maximum Gasteiger partial charge on any atom is 0.416 e. The summed E-state index contributed by atoms with van der Waals surface area (Å²) in [5.41, 5.74) is 5.96. The van der Waals surface area contributed by atoms with E-state index < -0.39 is 30.9 Å². The van der Waals surface area contributed by atoms with E-state index in [4.69, 9.17) is 14.0 Å². The highest BCUT2D eigenvalue weighted by Gasteiger charge is 2.31. The number of hydroxylamine groups is 2. The van der Waals surface area contributed by atoms with E-state index >= 15 is 0 Å². The van der Waals surface area contributed by atoms with Gasteiger partial charge in [-0.05, 0) is 65.6 Å². The predicted octanol–water partition coefficient (Wildman–Crippen LogP) is 8.19. The van der Waals surface area contributed by atoms with Gasteiger partial charge < -0.3 is 4.74 Å². The molecule has 0 aliphatic carbocycles. The Balaban J connectivity index is 1.61. The molecule has 0 spiro atoms. The highest BCUT2D eigenvalue weighted by atomic mass is 31.2. The van der Waals surface area contributed by atoms with Gasteiger partial charge in [0.25, 0.3) is 0 Å². The molecule has 0 bridgehead atoms. The summed E-state index contributed by atoms with van der Waals surface area (Å²) in [6.07, 6.45) is -2.68. The third-order valence-corrected chi connectivity index (χ3v) is 7.88. The molecular formula is C30H33F4N2O5P. The minimum Gasteiger partial charge on any atom is -0.493 e. The number of rotatable bonds is 15. The number of alkyl halides is 3. The predicted molar refractivity (Wildman–Crippen MR) is 153 cm³/mol. The van der Waals surface area contributed by atoms with Crippen LogP contribution in [0.5, 0.6) is 5.75 Å². The summed E-state index contributed by atoms with van der Waals surface area (Å²) >= 11 is 0. The van der Waals surface area contributed by atoms with Gasteiger partial charge in [-0.15, -0.1) is 0 Å². The smallest absolute Gasteiger partial charge is 0.416 e. The number of nitrogens with one attached hydrogen (secondary N) is 2. The second-order valence-electron chi connectivity index (χ2n) is 9.03. The monoisotopic (exact) mass is 608 g/mol. The average molecular weight is 609 g/mol. The largest absolute Gasteiger partial charge is 0.493 e. The summed E-state index contributed by atoms with van der Waals surface area (Å²) in [6, 6.07) is 15.6. The zero-order chi connectivity index (χ0) is 30.8. The van der Waals surface area contributed by atoms with Gasteiger partial charge in [0.05, 0.1) is 17.7 Å². The third-order valence-electron chi connectivity index (χ3n) is 6.00. The zero-order valence-electron chi connectivity index (χ0n) is 23.5. The summed E-state index contributed by atoms with van der Waals surface area (Å²) in [7, 11) is -3.76. The molecular weight excluding hydrogens is 575 g/mol. The molecule has 0 fully saturated rings. The summed E-state index contributed by atoms with van der Waals surface area (Å²) < 4.78 is 82.7. The van der Waals surface area contributed by atoms with Crippen molar-refractivity contribution in [3.8, 4) is 16.9 Å². The third kappa shape index (κ3) is 9.08. The Labute approximate surface area is 242 Å². The van der Waals surface area contributed by atoms with Crippen LogP contribution in [0.3, 0.4) is 0 Å². The van der Waals surface area contributed by atoms with Gasteiger partial charge in [0, 0.05) is 24.8 Å². The topological polar surface area (TPSA) is 85.9 Å². The van der Waals surface area contributed by atoms with Gasteiger partial charge in [-0.2, -0.15) is 24.1 Å². The number of carbonyl (C=O) groups excluding carboxylic acids is 1. The molecule has 0 saturated carbocycles. The van der Waals surface area contributed by atoms with Crippen molar-refractivity contribution < 1.29 is 40.9 Å². The summed E-state index contributed by atoms with van der Waals surface area (Å²) in [5.74, 6) is -0.743. The molecule has 2 N–H and O–H groups in total. The van der Waals surface area contributed by atoms with Crippen LogP contribution in [0.2, 0.25) is 0 Å². The quantitative estimate of drug-likeness (QED) is 0.0779. The van der Waals surface area contributed by atoms with Gasteiger partial charge in [0.2, 0.25) is 0 Å². The van der Waals surface area contributed by atoms with Crippen LogP contribution in [-0.2, 0) is 20.0 Å². The molecule has 0 heterocycles. The van der Waals surface area contributed by atoms with Crippen LogP contribution in [0.15, 0.2) is 72.0 Å². The van der Waals surface area contributed by atoms with Gasteiger partial charge in [-0.1, -0.05) is 51.1 Å². The van der Waals surface area contributed by atoms with Crippen LogP contribution >= 0.6 is 7.60 Å². The lowest BCUT2D eigenvalue weighted by molar-refractivity contribution is -0.137. The second kappa shape index (κ2) is 15.2. The van der Waals surface area contributed by atoms with Crippen LogP contribution in [0.1, 0.15) is 55.1 Å². The van der Waals surface area contributed by atoms with Crippen LogP contribution in [0, 0.1) is 5.82 Å². The highest BCUT2D eigenvalue weighted by Crippen LogP contribution is 2.56. The fourth-order valence-electron chi connectivity index (χ4n) is 3.84. The number of ether oxygens (including phenoxy) is 1. The molecule has 0 radical (unpaired) electrons. The van der Waals surface area contributed by atoms with Crippen molar-refractivity contribution in [2.45, 2.75) is 39.8 Å². The molecule has 0 aliphatic rings. The normalized spacial score (nSPS) is 12.4. The number of allylic oxidation sites excluding steroid dienone is 1. The van der Waals surface area contributed by atoms with E-state index in [0.717, 1.165) is 12.1 Å². The minimum absolute atomic E-state index is 0.00769. The van der Waals surface area contributed by atoms with E-state index in [9.17, 15) is 26.9 Å². The number of halogens is 4. The Bertz CT molecular complexity index is 1400. The first-order valence-corrected chi connectivity index (χ1v) is 14.9. The highest BCUT2D eigenvalue weighted by molar-refractivity contribution is 7.58. The van der Waals surface area contributed by atoms with E-state index in [1.807, 2.05) is 0 Å². The molecule has 3 aromatic carbocycles. The van der Waals surface area contributed by atoms with E-state index in [1.54, 1.807) is 45.0 Å². The summed E-state index contributed by atoms with van der Waals surface area (Å²) in [5, 5.41) is 0.306. The van der Waals surface area contributed by atoms with Crippen LogP contribution < -0.4 is 15.7 Å². The van der Waals surface area contributed by atoms with E-state index in [0.29, 0.717) is 47.3 Å². The standard InChI is InChI=1S/C30H33F4N2O5P/c1-4-26(42(38,40-35-5-2)41-36-6-3)19-21-7-16-27(28(31)20-21)29(37)17-18-39-25-14-10-23(11-15-25)22-8-12-24(13-9-22)30(32,33)34/h7-16,19-20,35-36H,4-6,17-18H2,1-3H3. The van der Waals surface area contributed by atoms with Crippen LogP contribution in [0.25, 0.3) is 17.2 Å². The molecule has 0 aromatic heterocycles. The first-order chi connectivity index (χ1) is 20.0. The van der Waals surface area contributed by atoms with Gasteiger partial charge in [-0.3, -0.25) is 9.36 Å². The van der Waals surface area contributed by atoms with Crippen molar-refractivity contribution in [3.05, 3.63) is 94.6 Å². The fourth-order valence-corrected chi connectivity index (χ4v) is 5.41. The average Bonchev–Trinajstić information content (AvgIpc) is 2.97. The zero-order valence-corrected chi connectivity index (χ0v) is 24.4. The van der Waals surface area contributed by atoms with Crippen molar-refractivity contribution in [1.82, 2.24) is 11.0 Å².